The molecule has 0 radical (unpaired) electrons. The summed E-state index contributed by atoms with van der Waals surface area (Å²) in [5, 5.41) is 4.10. The molecular weight excluding hydrogens is 422 g/mol. The Morgan fingerprint density at radius 2 is 1.91 bits per heavy atom. The van der Waals surface area contributed by atoms with Gasteiger partial charge in [-0.3, -0.25) is 4.79 Å². The fourth-order valence-corrected chi connectivity index (χ4v) is 4.44. The summed E-state index contributed by atoms with van der Waals surface area (Å²) >= 11 is 0. The molecule has 1 saturated carbocycles. The lowest BCUT2D eigenvalue weighted by molar-refractivity contribution is -0.146. The van der Waals surface area contributed by atoms with Crippen LogP contribution in [0.3, 0.4) is 0 Å². The minimum absolute atomic E-state index is 0.0525. The van der Waals surface area contributed by atoms with Gasteiger partial charge in [-0.1, -0.05) is 30.3 Å². The smallest absolute Gasteiger partial charge is 0.351 e. The number of nitrogens with zero attached hydrogens (tertiary/aromatic N) is 1. The average Bonchev–Trinajstić information content (AvgIpc) is 3.20. The number of H-pyrrole nitrogens is 1. The highest BCUT2D eigenvalue weighted by atomic mass is 19.4. The first-order valence-corrected chi connectivity index (χ1v) is 10.7. The molecule has 3 aromatic rings. The molecule has 2 atom stereocenters. The van der Waals surface area contributed by atoms with Gasteiger partial charge in [-0.15, -0.1) is 0 Å². The fraction of sp³-hybridized carbons (Fsp3) is 0.375. The van der Waals surface area contributed by atoms with Crippen molar-refractivity contribution in [2.24, 2.45) is 0 Å². The molecule has 1 amide bonds. The molecule has 0 saturated heterocycles. The number of rotatable bonds is 6. The van der Waals surface area contributed by atoms with Crippen molar-refractivity contribution in [1.82, 2.24) is 15.2 Å². The summed E-state index contributed by atoms with van der Waals surface area (Å²) in [7, 11) is 0. The van der Waals surface area contributed by atoms with Gasteiger partial charge in [0.25, 0.3) is 5.91 Å². The van der Waals surface area contributed by atoms with Gasteiger partial charge in [0, 0.05) is 29.5 Å². The quantitative estimate of drug-likeness (QED) is 0.496. The van der Waals surface area contributed by atoms with Crippen molar-refractivity contribution in [2.75, 3.05) is 6.54 Å². The van der Waals surface area contributed by atoms with E-state index in [1.807, 2.05) is 12.1 Å². The Morgan fingerprint density at radius 3 is 2.66 bits per heavy atom. The van der Waals surface area contributed by atoms with Gasteiger partial charge < -0.3 is 15.2 Å². The van der Waals surface area contributed by atoms with Crippen molar-refractivity contribution in [2.45, 2.75) is 50.5 Å². The molecule has 170 valence electrons. The lowest BCUT2D eigenvalue weighted by atomic mass is 9.89. The van der Waals surface area contributed by atoms with E-state index < -0.39 is 24.7 Å². The molecule has 0 aliphatic heterocycles. The van der Waals surface area contributed by atoms with Crippen LogP contribution in [-0.2, 0) is 6.54 Å². The van der Waals surface area contributed by atoms with Gasteiger partial charge in [0.1, 0.15) is 18.1 Å². The number of hydrogen-bond donors (Lipinski definition) is 2. The summed E-state index contributed by atoms with van der Waals surface area (Å²) < 4.78 is 53.6. The topological polar surface area (TPSA) is 48.1 Å². The number of aromatic amines is 1. The molecule has 4 rings (SSSR count). The molecule has 8 heteroatoms. The Labute approximate surface area is 183 Å². The van der Waals surface area contributed by atoms with Gasteiger partial charge in [0.15, 0.2) is 0 Å². The second-order valence-electron chi connectivity index (χ2n) is 8.35. The number of carbonyl (C=O) groups is 1. The number of carbonyl (C=O) groups excluding carboxylic acids is 1. The van der Waals surface area contributed by atoms with Gasteiger partial charge in [-0.05, 0) is 55.5 Å². The third-order valence-electron chi connectivity index (χ3n) is 5.94. The molecular formula is C24H25F4N3O. The van der Waals surface area contributed by atoms with Crippen LogP contribution in [0.2, 0.25) is 0 Å². The number of nitrogens with one attached hydrogen (secondary N) is 2. The van der Waals surface area contributed by atoms with E-state index in [2.05, 4.69) is 10.3 Å². The second-order valence-corrected chi connectivity index (χ2v) is 8.35. The van der Waals surface area contributed by atoms with Crippen molar-refractivity contribution >= 4 is 16.8 Å². The molecule has 1 aromatic heterocycles. The number of amides is 1. The molecule has 1 aliphatic rings. The molecule has 1 heterocycles. The SMILES string of the molecule is O=C(c1cc2ccccc2[nH]1)N(CC(F)(F)F)[C@H]1CCC[C@H](NCc2cccc(F)c2)C1. The van der Waals surface area contributed by atoms with Crippen LogP contribution in [0, 0.1) is 5.82 Å². The van der Waals surface area contributed by atoms with E-state index in [0.717, 1.165) is 22.3 Å². The van der Waals surface area contributed by atoms with Crippen LogP contribution in [-0.4, -0.2) is 40.6 Å². The van der Waals surface area contributed by atoms with Crippen molar-refractivity contribution in [3.8, 4) is 0 Å². The maximum Gasteiger partial charge on any atom is 0.406 e. The summed E-state index contributed by atoms with van der Waals surface area (Å²) in [5.41, 5.74) is 1.64. The highest BCUT2D eigenvalue weighted by Gasteiger charge is 2.39. The number of halogens is 4. The first-order chi connectivity index (χ1) is 15.3. The third-order valence-corrected chi connectivity index (χ3v) is 5.94. The Kier molecular flexibility index (Phi) is 6.50. The first-order valence-electron chi connectivity index (χ1n) is 10.7. The van der Waals surface area contributed by atoms with Gasteiger partial charge in [0.05, 0.1) is 0 Å². The fourth-order valence-electron chi connectivity index (χ4n) is 4.44. The van der Waals surface area contributed by atoms with Crippen LogP contribution in [0.25, 0.3) is 10.9 Å². The standard InChI is InChI=1S/C24H25F4N3O/c25-18-7-3-5-16(11-18)14-29-19-8-4-9-20(13-19)31(15-24(26,27)28)23(32)22-12-17-6-1-2-10-21(17)30-22/h1-3,5-7,10-12,19-20,29-30H,4,8-9,13-15H2/t19-,20-/m0/s1. The van der Waals surface area contributed by atoms with Crippen LogP contribution in [0.4, 0.5) is 17.6 Å². The molecule has 0 bridgehead atoms. The lowest BCUT2D eigenvalue weighted by Crippen LogP contribution is -2.50. The maximum atomic E-state index is 13.4. The molecule has 4 nitrogen and oxygen atoms in total. The van der Waals surface area contributed by atoms with Gasteiger partial charge in [0.2, 0.25) is 0 Å². The van der Waals surface area contributed by atoms with E-state index in [4.69, 9.17) is 0 Å². The monoisotopic (exact) mass is 447 g/mol. The van der Waals surface area contributed by atoms with Crippen LogP contribution >= 0.6 is 0 Å². The molecule has 0 spiro atoms. The zero-order valence-electron chi connectivity index (χ0n) is 17.5. The number of alkyl halides is 3. The summed E-state index contributed by atoms with van der Waals surface area (Å²) in [5.74, 6) is -0.972. The van der Waals surface area contributed by atoms with Crippen molar-refractivity contribution in [3.63, 3.8) is 0 Å². The average molecular weight is 447 g/mol. The van der Waals surface area contributed by atoms with E-state index in [9.17, 15) is 22.4 Å². The van der Waals surface area contributed by atoms with Gasteiger partial charge >= 0.3 is 6.18 Å². The van der Waals surface area contributed by atoms with Crippen LogP contribution in [0.1, 0.15) is 41.7 Å². The molecule has 1 aliphatic carbocycles. The molecule has 32 heavy (non-hydrogen) atoms. The summed E-state index contributed by atoms with van der Waals surface area (Å²) in [6.07, 6.45) is -2.06. The maximum absolute atomic E-state index is 13.4. The summed E-state index contributed by atoms with van der Waals surface area (Å²) in [4.78, 5) is 17.1. The molecule has 2 aromatic carbocycles. The highest BCUT2D eigenvalue weighted by molar-refractivity contribution is 5.98. The van der Waals surface area contributed by atoms with Crippen molar-refractivity contribution in [1.29, 1.82) is 0 Å². The van der Waals surface area contributed by atoms with E-state index in [1.165, 1.54) is 12.1 Å². The first kappa shape index (κ1) is 22.3. The largest absolute Gasteiger partial charge is 0.406 e. The Hall–Kier alpha value is -2.87. The number of aromatic nitrogens is 1. The summed E-state index contributed by atoms with van der Waals surface area (Å²) in [6, 6.07) is 14.4. The van der Waals surface area contributed by atoms with Crippen LogP contribution < -0.4 is 5.32 Å². The van der Waals surface area contributed by atoms with Gasteiger partial charge in [-0.25, -0.2) is 4.39 Å². The predicted molar refractivity (Wildman–Crippen MR) is 115 cm³/mol. The number of hydrogen-bond acceptors (Lipinski definition) is 2. The normalized spacial score (nSPS) is 19.2. The number of para-hydroxylation sites is 1. The van der Waals surface area contributed by atoms with Crippen LogP contribution in [0.5, 0.6) is 0 Å². The minimum Gasteiger partial charge on any atom is -0.351 e. The minimum atomic E-state index is -4.50. The van der Waals surface area contributed by atoms with E-state index in [-0.39, 0.29) is 17.6 Å². The molecule has 0 unspecified atom stereocenters. The van der Waals surface area contributed by atoms with Crippen molar-refractivity contribution < 1.29 is 22.4 Å². The zero-order valence-corrected chi connectivity index (χ0v) is 17.5. The number of fused-ring (bicyclic) bond motifs is 1. The lowest BCUT2D eigenvalue weighted by Gasteiger charge is -2.38. The second kappa shape index (κ2) is 9.32. The Bertz CT molecular complexity index is 1050. The predicted octanol–water partition coefficient (Wildman–Crippen LogP) is 5.41. The van der Waals surface area contributed by atoms with E-state index in [0.29, 0.717) is 31.3 Å². The Morgan fingerprint density at radius 1 is 1.09 bits per heavy atom. The van der Waals surface area contributed by atoms with Crippen LogP contribution in [0.15, 0.2) is 54.6 Å². The number of benzene rings is 2. The molecule has 1 fully saturated rings. The van der Waals surface area contributed by atoms with Gasteiger partial charge in [-0.2, -0.15) is 13.2 Å². The highest BCUT2D eigenvalue weighted by Crippen LogP contribution is 2.29. The summed E-state index contributed by atoms with van der Waals surface area (Å²) in [6.45, 7) is -0.868. The zero-order chi connectivity index (χ0) is 22.7. The van der Waals surface area contributed by atoms with E-state index in [1.54, 1.807) is 30.3 Å². The third kappa shape index (κ3) is 5.48. The molecule has 2 N–H and O–H groups in total. The van der Waals surface area contributed by atoms with Crippen molar-refractivity contribution in [3.05, 3.63) is 71.7 Å². The Balaban J connectivity index is 1.49. The van der Waals surface area contributed by atoms with E-state index >= 15 is 0 Å².